The molecule has 0 aliphatic heterocycles. The second-order valence-electron chi connectivity index (χ2n) is 4.92. The predicted molar refractivity (Wildman–Crippen MR) is 81.2 cm³/mol. The van der Waals surface area contributed by atoms with E-state index < -0.39 is 0 Å². The molecule has 1 heterocycles. The van der Waals surface area contributed by atoms with Crippen LogP contribution in [0.15, 0.2) is 43.0 Å². The van der Waals surface area contributed by atoms with Crippen LogP contribution in [0.1, 0.15) is 31.4 Å². The van der Waals surface area contributed by atoms with Gasteiger partial charge in [0.05, 0.1) is 13.4 Å². The van der Waals surface area contributed by atoms with Gasteiger partial charge in [0.2, 0.25) is 0 Å². The summed E-state index contributed by atoms with van der Waals surface area (Å²) in [6, 6.07) is 8.60. The normalized spacial score (nSPS) is 12.1. The minimum Gasteiger partial charge on any atom is -0.469 e. The predicted octanol–water partition coefficient (Wildman–Crippen LogP) is 2.48. The first-order valence-corrected chi connectivity index (χ1v) is 7.09. The maximum Gasteiger partial charge on any atom is 0.305 e. The highest BCUT2D eigenvalue weighted by Crippen LogP contribution is 2.15. The molecule has 2 aromatic rings. The number of nitrogens with one attached hydrogen (secondary N) is 1. The number of imidazole rings is 1. The molecule has 0 bridgehead atoms. The average Bonchev–Trinajstić information content (AvgIpc) is 3.05. The van der Waals surface area contributed by atoms with E-state index in [0.717, 1.165) is 18.7 Å². The van der Waals surface area contributed by atoms with E-state index in [1.54, 1.807) is 12.5 Å². The molecule has 0 saturated carbocycles. The number of aromatic nitrogens is 2. The lowest BCUT2D eigenvalue weighted by Gasteiger charge is -2.14. The lowest BCUT2D eigenvalue weighted by atomic mass is 10.1. The van der Waals surface area contributed by atoms with Crippen LogP contribution in [0.4, 0.5) is 0 Å². The molecular weight excluding hydrogens is 266 g/mol. The molecule has 5 heteroatoms. The number of ether oxygens (including phenoxy) is 1. The number of esters is 1. The minimum atomic E-state index is -0.158. The van der Waals surface area contributed by atoms with Crippen molar-refractivity contribution in [3.05, 3.63) is 48.5 Å². The third-order valence-electron chi connectivity index (χ3n) is 3.43. The van der Waals surface area contributed by atoms with Gasteiger partial charge in [0.15, 0.2) is 0 Å². The minimum absolute atomic E-state index is 0.158. The number of hydrogen-bond acceptors (Lipinski definition) is 4. The van der Waals surface area contributed by atoms with Crippen LogP contribution in [0, 0.1) is 0 Å². The Morgan fingerprint density at radius 2 is 2.14 bits per heavy atom. The standard InChI is InChI=1S/C16H21N3O2/c1-13(18-9-3-4-16(20)21-2)14-5-7-15(8-6-14)19-11-10-17-12-19/h5-8,10-13,18H,3-4,9H2,1-2H3. The van der Waals surface area contributed by atoms with Crippen LogP contribution in [0.25, 0.3) is 5.69 Å². The number of nitrogens with zero attached hydrogens (tertiary/aromatic N) is 2. The Balaban J connectivity index is 1.82. The summed E-state index contributed by atoms with van der Waals surface area (Å²) in [6.07, 6.45) is 6.70. The van der Waals surface area contributed by atoms with Crippen molar-refractivity contribution in [3.63, 3.8) is 0 Å². The van der Waals surface area contributed by atoms with Crippen LogP contribution in [-0.2, 0) is 9.53 Å². The molecule has 1 aromatic heterocycles. The second kappa shape index (κ2) is 7.59. The van der Waals surface area contributed by atoms with Crippen molar-refractivity contribution in [3.8, 4) is 5.69 Å². The zero-order valence-electron chi connectivity index (χ0n) is 12.5. The first-order chi connectivity index (χ1) is 10.2. The highest BCUT2D eigenvalue weighted by atomic mass is 16.5. The van der Waals surface area contributed by atoms with Crippen LogP contribution in [0.3, 0.4) is 0 Å². The SMILES string of the molecule is COC(=O)CCCNC(C)c1ccc(-n2ccnc2)cc1. The van der Waals surface area contributed by atoms with E-state index in [9.17, 15) is 4.79 Å². The van der Waals surface area contributed by atoms with Crippen molar-refractivity contribution < 1.29 is 9.53 Å². The summed E-state index contributed by atoms with van der Waals surface area (Å²) in [4.78, 5) is 15.1. The van der Waals surface area contributed by atoms with E-state index in [4.69, 9.17) is 0 Å². The molecule has 1 aromatic carbocycles. The number of methoxy groups -OCH3 is 1. The van der Waals surface area contributed by atoms with Gasteiger partial charge in [-0.3, -0.25) is 4.79 Å². The van der Waals surface area contributed by atoms with Crippen LogP contribution < -0.4 is 5.32 Å². The Labute approximate surface area is 125 Å². The Morgan fingerprint density at radius 3 is 2.76 bits per heavy atom. The molecule has 112 valence electrons. The van der Waals surface area contributed by atoms with Crippen molar-refractivity contribution in [2.75, 3.05) is 13.7 Å². The van der Waals surface area contributed by atoms with Gasteiger partial charge in [0, 0.05) is 30.5 Å². The topological polar surface area (TPSA) is 56.1 Å². The van der Waals surface area contributed by atoms with E-state index >= 15 is 0 Å². The largest absolute Gasteiger partial charge is 0.469 e. The molecule has 0 radical (unpaired) electrons. The molecule has 0 fully saturated rings. The maximum absolute atomic E-state index is 11.0. The summed E-state index contributed by atoms with van der Waals surface area (Å²) >= 11 is 0. The summed E-state index contributed by atoms with van der Waals surface area (Å²) in [5.74, 6) is -0.158. The molecule has 21 heavy (non-hydrogen) atoms. The summed E-state index contributed by atoms with van der Waals surface area (Å²) < 4.78 is 6.59. The van der Waals surface area contributed by atoms with Crippen LogP contribution in [0.2, 0.25) is 0 Å². The maximum atomic E-state index is 11.0. The van der Waals surface area contributed by atoms with Gasteiger partial charge in [-0.2, -0.15) is 0 Å². The molecule has 1 N–H and O–H groups in total. The van der Waals surface area contributed by atoms with Crippen molar-refractivity contribution in [1.82, 2.24) is 14.9 Å². The Morgan fingerprint density at radius 1 is 1.38 bits per heavy atom. The number of carbonyl (C=O) groups excluding carboxylic acids is 1. The number of rotatable bonds is 7. The monoisotopic (exact) mass is 287 g/mol. The first kappa shape index (κ1) is 15.3. The van der Waals surface area contributed by atoms with Gasteiger partial charge in [-0.05, 0) is 37.6 Å². The zero-order chi connectivity index (χ0) is 15.1. The molecule has 5 nitrogen and oxygen atoms in total. The van der Waals surface area contributed by atoms with Crippen molar-refractivity contribution >= 4 is 5.97 Å². The molecule has 0 saturated heterocycles. The van der Waals surface area contributed by atoms with E-state index in [-0.39, 0.29) is 12.0 Å². The van der Waals surface area contributed by atoms with Gasteiger partial charge >= 0.3 is 5.97 Å². The molecule has 0 spiro atoms. The fourth-order valence-corrected chi connectivity index (χ4v) is 2.12. The van der Waals surface area contributed by atoms with Crippen molar-refractivity contribution in [1.29, 1.82) is 0 Å². The van der Waals surface area contributed by atoms with Gasteiger partial charge < -0.3 is 14.6 Å². The van der Waals surface area contributed by atoms with E-state index in [0.29, 0.717) is 6.42 Å². The first-order valence-electron chi connectivity index (χ1n) is 7.09. The Bertz CT molecular complexity index is 549. The summed E-state index contributed by atoms with van der Waals surface area (Å²) in [5, 5.41) is 3.41. The molecule has 1 atom stereocenters. The highest BCUT2D eigenvalue weighted by Gasteiger charge is 2.06. The Hall–Kier alpha value is -2.14. The average molecular weight is 287 g/mol. The summed E-state index contributed by atoms with van der Waals surface area (Å²) in [7, 11) is 1.42. The van der Waals surface area contributed by atoms with Gasteiger partial charge in [-0.15, -0.1) is 0 Å². The molecular formula is C16H21N3O2. The molecule has 1 unspecified atom stereocenters. The van der Waals surface area contributed by atoms with E-state index in [1.165, 1.54) is 12.7 Å². The second-order valence-corrected chi connectivity index (χ2v) is 4.92. The Kier molecular flexibility index (Phi) is 5.51. The third-order valence-corrected chi connectivity index (χ3v) is 3.43. The van der Waals surface area contributed by atoms with Crippen LogP contribution in [0.5, 0.6) is 0 Å². The van der Waals surface area contributed by atoms with Crippen LogP contribution in [-0.4, -0.2) is 29.2 Å². The third kappa shape index (κ3) is 4.43. The molecule has 0 aliphatic carbocycles. The van der Waals surface area contributed by atoms with E-state index in [1.807, 2.05) is 10.8 Å². The number of benzene rings is 1. The number of hydrogen-bond donors (Lipinski definition) is 1. The summed E-state index contributed by atoms with van der Waals surface area (Å²) in [6.45, 7) is 2.91. The van der Waals surface area contributed by atoms with Gasteiger partial charge in [-0.1, -0.05) is 12.1 Å². The van der Waals surface area contributed by atoms with Gasteiger partial charge in [-0.25, -0.2) is 4.98 Å². The fraction of sp³-hybridized carbons (Fsp3) is 0.375. The highest BCUT2D eigenvalue weighted by molar-refractivity contribution is 5.69. The molecule has 0 aliphatic rings. The molecule has 2 rings (SSSR count). The van der Waals surface area contributed by atoms with Crippen molar-refractivity contribution in [2.45, 2.75) is 25.8 Å². The van der Waals surface area contributed by atoms with Gasteiger partial charge in [0.1, 0.15) is 0 Å². The van der Waals surface area contributed by atoms with E-state index in [2.05, 4.69) is 46.2 Å². The molecule has 0 amide bonds. The summed E-state index contributed by atoms with van der Waals surface area (Å²) in [5.41, 5.74) is 2.31. The van der Waals surface area contributed by atoms with Crippen LogP contribution >= 0.6 is 0 Å². The quantitative estimate of drug-likeness (QED) is 0.628. The van der Waals surface area contributed by atoms with Crippen molar-refractivity contribution in [2.24, 2.45) is 0 Å². The smallest absolute Gasteiger partial charge is 0.305 e. The fourth-order valence-electron chi connectivity index (χ4n) is 2.12. The van der Waals surface area contributed by atoms with Gasteiger partial charge in [0.25, 0.3) is 0 Å². The lowest BCUT2D eigenvalue weighted by Crippen LogP contribution is -2.20. The number of carbonyl (C=O) groups is 1. The lowest BCUT2D eigenvalue weighted by molar-refractivity contribution is -0.140. The zero-order valence-corrected chi connectivity index (χ0v) is 12.5.